The van der Waals surface area contributed by atoms with Crippen LogP contribution in [0.4, 0.5) is 5.69 Å². The van der Waals surface area contributed by atoms with E-state index in [4.69, 9.17) is 10.7 Å². The smallest absolute Gasteiger partial charge is 0.328 e. The Balaban J connectivity index is 1.35. The first-order chi connectivity index (χ1) is 18.5. The molecule has 0 spiro atoms. The summed E-state index contributed by atoms with van der Waals surface area (Å²) in [6.45, 7) is 10.9. The highest BCUT2D eigenvalue weighted by Gasteiger charge is 2.27. The molecule has 39 heavy (non-hydrogen) atoms. The van der Waals surface area contributed by atoms with Gasteiger partial charge in [0, 0.05) is 49.5 Å². The number of aromatic amines is 2. The van der Waals surface area contributed by atoms with Crippen molar-refractivity contribution in [2.45, 2.75) is 52.2 Å². The first kappa shape index (κ1) is 26.4. The van der Waals surface area contributed by atoms with E-state index >= 15 is 0 Å². The number of anilines is 1. The average molecular weight is 530 g/mol. The van der Waals surface area contributed by atoms with Gasteiger partial charge in [0.25, 0.3) is 5.56 Å². The Morgan fingerprint density at radius 2 is 1.85 bits per heavy atom. The molecule has 0 bridgehead atoms. The van der Waals surface area contributed by atoms with Gasteiger partial charge in [0.1, 0.15) is 17.9 Å². The number of carbonyl (C=O) groups is 1. The molecule has 204 valence electrons. The number of primary amides is 1. The lowest BCUT2D eigenvalue weighted by molar-refractivity contribution is -0.118. The van der Waals surface area contributed by atoms with E-state index in [9.17, 15) is 14.4 Å². The predicted molar refractivity (Wildman–Crippen MR) is 153 cm³/mol. The van der Waals surface area contributed by atoms with Crippen molar-refractivity contribution in [1.82, 2.24) is 24.4 Å². The fourth-order valence-electron chi connectivity index (χ4n) is 5.17. The molecule has 1 saturated heterocycles. The number of imidazole rings is 1. The summed E-state index contributed by atoms with van der Waals surface area (Å²) in [5.74, 6) is 0.106. The lowest BCUT2D eigenvalue weighted by Gasteiger charge is -2.41. The number of carbonyl (C=O) groups excluding carboxylic acids is 1. The van der Waals surface area contributed by atoms with E-state index in [0.29, 0.717) is 12.1 Å². The minimum atomic E-state index is -0.737. The maximum absolute atomic E-state index is 12.8. The summed E-state index contributed by atoms with van der Waals surface area (Å²) in [6, 6.07) is 14.9. The van der Waals surface area contributed by atoms with Gasteiger partial charge in [-0.3, -0.25) is 19.1 Å². The number of hydrogen-bond acceptors (Lipinski definition) is 6. The number of hydrogen-bond donors (Lipinski definition) is 3. The number of benzene rings is 2. The number of nitrogens with one attached hydrogen (secondary N) is 2. The minimum Gasteiger partial charge on any atom is -0.368 e. The van der Waals surface area contributed by atoms with E-state index in [1.54, 1.807) is 0 Å². The Bertz CT molecular complexity index is 1630. The third-order valence-corrected chi connectivity index (χ3v) is 7.44. The molecule has 5 rings (SSSR count). The summed E-state index contributed by atoms with van der Waals surface area (Å²) < 4.78 is 0.852. The molecule has 1 fully saturated rings. The van der Waals surface area contributed by atoms with Gasteiger partial charge in [-0.15, -0.1) is 0 Å². The highest BCUT2D eigenvalue weighted by atomic mass is 16.2. The third kappa shape index (κ3) is 5.37. The molecule has 2 aromatic heterocycles. The van der Waals surface area contributed by atoms with E-state index in [2.05, 4.69) is 77.8 Å². The van der Waals surface area contributed by atoms with Gasteiger partial charge >= 0.3 is 5.69 Å². The van der Waals surface area contributed by atoms with Crippen LogP contribution in [0.2, 0.25) is 0 Å². The quantitative estimate of drug-likeness (QED) is 0.352. The van der Waals surface area contributed by atoms with Gasteiger partial charge in [-0.1, -0.05) is 51.1 Å². The van der Waals surface area contributed by atoms with E-state index < -0.39 is 23.7 Å². The normalized spacial score (nSPS) is 16.6. The second-order valence-corrected chi connectivity index (χ2v) is 11.3. The van der Waals surface area contributed by atoms with Crippen LogP contribution in [0, 0.1) is 0 Å². The van der Waals surface area contributed by atoms with E-state index in [1.165, 1.54) is 11.8 Å². The molecular formula is C29H35N7O3. The molecule has 1 atom stereocenters. The summed E-state index contributed by atoms with van der Waals surface area (Å²) in [7, 11) is 0. The molecule has 0 saturated carbocycles. The zero-order valence-corrected chi connectivity index (χ0v) is 22.8. The summed E-state index contributed by atoms with van der Waals surface area (Å²) in [4.78, 5) is 51.7. The summed E-state index contributed by atoms with van der Waals surface area (Å²) in [5.41, 5.74) is 9.91. The van der Waals surface area contributed by atoms with Crippen LogP contribution >= 0.6 is 0 Å². The second kappa shape index (κ2) is 10.2. The van der Waals surface area contributed by atoms with Crippen molar-refractivity contribution >= 4 is 22.6 Å². The van der Waals surface area contributed by atoms with Crippen LogP contribution in [0.5, 0.6) is 0 Å². The highest BCUT2D eigenvalue weighted by Crippen LogP contribution is 2.31. The van der Waals surface area contributed by atoms with Crippen LogP contribution in [0.15, 0.2) is 58.3 Å². The van der Waals surface area contributed by atoms with Gasteiger partial charge in [0.2, 0.25) is 5.91 Å². The molecule has 10 nitrogen and oxygen atoms in total. The maximum Gasteiger partial charge on any atom is 0.328 e. The molecule has 10 heteroatoms. The molecule has 4 aromatic rings. The number of fused-ring (bicyclic) bond motifs is 1. The molecule has 1 aliphatic rings. The van der Waals surface area contributed by atoms with Gasteiger partial charge in [-0.25, -0.2) is 9.78 Å². The highest BCUT2D eigenvalue weighted by molar-refractivity contribution is 5.91. The average Bonchev–Trinajstić information content (AvgIpc) is 3.33. The molecule has 2 aromatic carbocycles. The third-order valence-electron chi connectivity index (χ3n) is 7.44. The first-order valence-electron chi connectivity index (χ1n) is 13.2. The SMILES string of the molecule is C[C@H]1CN(c2cccc3[nH]c(-c4ccc(C(C)(C)C)cc4)nc23)CCN1Cc1c[nH]c(=O)n(CC(N)=O)c1=O. The van der Waals surface area contributed by atoms with E-state index in [0.717, 1.165) is 52.3 Å². The van der Waals surface area contributed by atoms with Crippen LogP contribution in [-0.4, -0.2) is 56.0 Å². The zero-order chi connectivity index (χ0) is 27.9. The number of nitrogens with zero attached hydrogens (tertiary/aromatic N) is 4. The number of H-pyrrole nitrogens is 2. The number of para-hydroxylation sites is 1. The lowest BCUT2D eigenvalue weighted by Crippen LogP contribution is -2.52. The Kier molecular flexibility index (Phi) is 6.90. The molecule has 0 aliphatic carbocycles. The molecule has 4 N–H and O–H groups in total. The van der Waals surface area contributed by atoms with Crippen LogP contribution in [-0.2, 0) is 23.3 Å². The van der Waals surface area contributed by atoms with Gasteiger partial charge in [0.15, 0.2) is 0 Å². The molecular weight excluding hydrogens is 494 g/mol. The Labute approximate surface area is 226 Å². The van der Waals surface area contributed by atoms with Gasteiger partial charge < -0.3 is 20.6 Å². The van der Waals surface area contributed by atoms with E-state index in [-0.39, 0.29) is 11.5 Å². The Morgan fingerprint density at radius 1 is 1.10 bits per heavy atom. The number of nitrogens with two attached hydrogens (primary N) is 1. The van der Waals surface area contributed by atoms with Crippen molar-refractivity contribution in [1.29, 1.82) is 0 Å². The second-order valence-electron chi connectivity index (χ2n) is 11.3. The maximum atomic E-state index is 12.8. The predicted octanol–water partition coefficient (Wildman–Crippen LogP) is 2.57. The molecule has 0 unspecified atom stereocenters. The number of rotatable bonds is 6. The van der Waals surface area contributed by atoms with Crippen molar-refractivity contribution in [3.05, 3.63) is 80.6 Å². The lowest BCUT2D eigenvalue weighted by atomic mass is 9.87. The van der Waals surface area contributed by atoms with Crippen LogP contribution < -0.4 is 21.9 Å². The van der Waals surface area contributed by atoms with Gasteiger partial charge in [-0.2, -0.15) is 0 Å². The monoisotopic (exact) mass is 529 g/mol. The summed E-state index contributed by atoms with van der Waals surface area (Å²) in [5, 5.41) is 0. The van der Waals surface area contributed by atoms with Gasteiger partial charge in [0.05, 0.1) is 11.2 Å². The van der Waals surface area contributed by atoms with Crippen molar-refractivity contribution in [3.63, 3.8) is 0 Å². The summed E-state index contributed by atoms with van der Waals surface area (Å²) >= 11 is 0. The van der Waals surface area contributed by atoms with Crippen molar-refractivity contribution < 1.29 is 4.79 Å². The standard InChI is InChI=1S/C29H35N7O3/c1-18-15-35(13-12-34(18)16-20-14-31-28(39)36(27(20)38)17-24(30)37)23-7-5-6-22-25(23)33-26(32-22)19-8-10-21(11-9-19)29(2,3)4/h5-11,14,18H,12-13,15-17H2,1-4H3,(H2,30,37)(H,31,39)(H,32,33)/t18-/m0/s1. The van der Waals surface area contributed by atoms with Crippen molar-refractivity contribution in [3.8, 4) is 11.4 Å². The topological polar surface area (TPSA) is 133 Å². The molecule has 0 radical (unpaired) electrons. The van der Waals surface area contributed by atoms with Crippen molar-refractivity contribution in [2.75, 3.05) is 24.5 Å². The largest absolute Gasteiger partial charge is 0.368 e. The van der Waals surface area contributed by atoms with Crippen LogP contribution in [0.1, 0.15) is 38.8 Å². The molecule has 3 heterocycles. The van der Waals surface area contributed by atoms with Gasteiger partial charge in [-0.05, 0) is 30.0 Å². The molecule has 1 aliphatic heterocycles. The van der Waals surface area contributed by atoms with Crippen molar-refractivity contribution in [2.24, 2.45) is 5.73 Å². The molecule has 1 amide bonds. The Morgan fingerprint density at radius 3 is 2.51 bits per heavy atom. The van der Waals surface area contributed by atoms with Crippen LogP contribution in [0.3, 0.4) is 0 Å². The summed E-state index contributed by atoms with van der Waals surface area (Å²) in [6.07, 6.45) is 1.43. The zero-order valence-electron chi connectivity index (χ0n) is 22.8. The fourth-order valence-corrected chi connectivity index (χ4v) is 5.17. The number of piperazine rings is 1. The number of aromatic nitrogens is 4. The minimum absolute atomic E-state index is 0.0933. The first-order valence-corrected chi connectivity index (χ1v) is 13.2. The van der Waals surface area contributed by atoms with E-state index in [1.807, 2.05) is 12.1 Å². The number of amides is 1. The fraction of sp³-hybridized carbons (Fsp3) is 0.379. The van der Waals surface area contributed by atoms with Crippen LogP contribution in [0.25, 0.3) is 22.4 Å². The Hall–Kier alpha value is -4.18.